The van der Waals surface area contributed by atoms with Gasteiger partial charge in [0.15, 0.2) is 6.29 Å². The summed E-state index contributed by atoms with van der Waals surface area (Å²) in [5.74, 6) is 0.778. The zero-order valence-electron chi connectivity index (χ0n) is 11.6. The van der Waals surface area contributed by atoms with Gasteiger partial charge in [-0.05, 0) is 10.8 Å². The van der Waals surface area contributed by atoms with Crippen LogP contribution in [0.15, 0.2) is 48.5 Å². The smallest absolute Gasteiger partial charge is 0.151 e. The molecule has 0 aliphatic heterocycles. The van der Waals surface area contributed by atoms with E-state index in [0.29, 0.717) is 18.6 Å². The summed E-state index contributed by atoms with van der Waals surface area (Å²) in [6, 6.07) is 15.5. The Kier molecular flexibility index (Phi) is 3.84. The van der Waals surface area contributed by atoms with Crippen molar-refractivity contribution in [1.82, 2.24) is 0 Å². The van der Waals surface area contributed by atoms with Crippen molar-refractivity contribution < 1.29 is 14.6 Å². The fraction of sp³-hybridized carbons (Fsp3) is 0.167. The maximum absolute atomic E-state index is 11.5. The number of rotatable bonds is 5. The number of aliphatic hydroxyl groups excluding tert-OH is 1. The average molecular weight is 280 g/mol. The van der Waals surface area contributed by atoms with Crippen molar-refractivity contribution >= 4 is 27.8 Å². The number of ether oxygens (including phenoxy) is 1. The molecule has 3 rings (SSSR count). The van der Waals surface area contributed by atoms with Crippen molar-refractivity contribution in [2.45, 2.75) is 6.42 Å². The summed E-state index contributed by atoms with van der Waals surface area (Å²) < 4.78 is 5.90. The van der Waals surface area contributed by atoms with E-state index in [4.69, 9.17) is 9.84 Å². The lowest BCUT2D eigenvalue weighted by molar-refractivity contribution is 0.112. The SMILES string of the molecule is O=Cc1c2ccccc2c(OCCCO)c2ccccc12. The van der Waals surface area contributed by atoms with Crippen molar-refractivity contribution in [2.75, 3.05) is 13.2 Å². The van der Waals surface area contributed by atoms with Crippen molar-refractivity contribution in [1.29, 1.82) is 0 Å². The molecule has 0 heterocycles. The van der Waals surface area contributed by atoms with Crippen molar-refractivity contribution in [3.63, 3.8) is 0 Å². The van der Waals surface area contributed by atoms with Crippen LogP contribution in [0.25, 0.3) is 21.5 Å². The molecular weight excluding hydrogens is 264 g/mol. The number of aliphatic hydroxyl groups is 1. The first kappa shape index (κ1) is 13.6. The summed E-state index contributed by atoms with van der Waals surface area (Å²) in [6.45, 7) is 0.549. The van der Waals surface area contributed by atoms with Crippen LogP contribution >= 0.6 is 0 Å². The minimum Gasteiger partial charge on any atom is -0.492 e. The topological polar surface area (TPSA) is 46.5 Å². The summed E-state index contributed by atoms with van der Waals surface area (Å²) in [7, 11) is 0. The zero-order valence-corrected chi connectivity index (χ0v) is 11.6. The number of benzene rings is 3. The highest BCUT2D eigenvalue weighted by molar-refractivity contribution is 6.16. The highest BCUT2D eigenvalue weighted by Gasteiger charge is 2.13. The summed E-state index contributed by atoms with van der Waals surface area (Å²) in [6.07, 6.45) is 1.49. The lowest BCUT2D eigenvalue weighted by Crippen LogP contribution is -2.02. The van der Waals surface area contributed by atoms with Crippen molar-refractivity contribution in [3.8, 4) is 5.75 Å². The van der Waals surface area contributed by atoms with E-state index >= 15 is 0 Å². The molecule has 0 unspecified atom stereocenters. The molecule has 3 nitrogen and oxygen atoms in total. The van der Waals surface area contributed by atoms with E-state index in [-0.39, 0.29) is 6.61 Å². The first-order chi connectivity index (χ1) is 10.4. The largest absolute Gasteiger partial charge is 0.492 e. The molecule has 21 heavy (non-hydrogen) atoms. The third kappa shape index (κ3) is 2.36. The third-order valence-corrected chi connectivity index (χ3v) is 3.59. The van der Waals surface area contributed by atoms with Gasteiger partial charge in [0.1, 0.15) is 5.75 Å². The summed E-state index contributed by atoms with van der Waals surface area (Å²) >= 11 is 0. The van der Waals surface area contributed by atoms with Gasteiger partial charge in [-0.1, -0.05) is 48.5 Å². The van der Waals surface area contributed by atoms with Crippen LogP contribution in [0.3, 0.4) is 0 Å². The molecular formula is C18H16O3. The van der Waals surface area contributed by atoms with E-state index in [1.54, 1.807) is 0 Å². The lowest BCUT2D eigenvalue weighted by Gasteiger charge is -2.14. The van der Waals surface area contributed by atoms with Crippen molar-refractivity contribution in [3.05, 3.63) is 54.1 Å². The van der Waals surface area contributed by atoms with Gasteiger partial charge in [0.2, 0.25) is 0 Å². The number of aldehydes is 1. The third-order valence-electron chi connectivity index (χ3n) is 3.59. The minimum atomic E-state index is 0.0995. The van der Waals surface area contributed by atoms with Crippen LogP contribution in [0.4, 0.5) is 0 Å². The molecule has 0 spiro atoms. The fourth-order valence-corrected chi connectivity index (χ4v) is 2.64. The number of hydrogen-bond acceptors (Lipinski definition) is 3. The second kappa shape index (κ2) is 5.94. The molecule has 1 N–H and O–H groups in total. The highest BCUT2D eigenvalue weighted by atomic mass is 16.5. The van der Waals surface area contributed by atoms with Gasteiger partial charge in [-0.15, -0.1) is 0 Å². The van der Waals surface area contributed by atoms with E-state index < -0.39 is 0 Å². The monoisotopic (exact) mass is 280 g/mol. The Morgan fingerprint density at radius 3 is 1.90 bits per heavy atom. The van der Waals surface area contributed by atoms with Crippen molar-refractivity contribution in [2.24, 2.45) is 0 Å². The zero-order chi connectivity index (χ0) is 14.7. The van der Waals surface area contributed by atoms with Gasteiger partial charge in [-0.3, -0.25) is 4.79 Å². The number of carbonyl (C=O) groups is 1. The Labute approximate surface area is 122 Å². The lowest BCUT2D eigenvalue weighted by atomic mass is 9.96. The molecule has 0 atom stereocenters. The van der Waals surface area contributed by atoms with E-state index in [1.165, 1.54) is 0 Å². The van der Waals surface area contributed by atoms with Crippen LogP contribution in [0.1, 0.15) is 16.8 Å². The van der Waals surface area contributed by atoms with Gasteiger partial charge in [0, 0.05) is 29.4 Å². The molecule has 3 heteroatoms. The molecule has 3 aromatic rings. The summed E-state index contributed by atoms with van der Waals surface area (Å²) in [4.78, 5) is 11.5. The van der Waals surface area contributed by atoms with Crippen LogP contribution in [-0.4, -0.2) is 24.6 Å². The van der Waals surface area contributed by atoms with Crippen LogP contribution in [0.5, 0.6) is 5.75 Å². The molecule has 0 bridgehead atoms. The number of hydrogen-bond donors (Lipinski definition) is 1. The van der Waals surface area contributed by atoms with Gasteiger partial charge in [-0.25, -0.2) is 0 Å². The van der Waals surface area contributed by atoms with Crippen LogP contribution in [-0.2, 0) is 0 Å². The van der Waals surface area contributed by atoms with Gasteiger partial charge in [0.05, 0.1) is 6.61 Å². The average Bonchev–Trinajstić information content (AvgIpc) is 2.54. The highest BCUT2D eigenvalue weighted by Crippen LogP contribution is 2.37. The number of carbonyl (C=O) groups excluding carboxylic acids is 1. The van der Waals surface area contributed by atoms with E-state index in [1.807, 2.05) is 48.5 Å². The summed E-state index contributed by atoms with van der Waals surface area (Å²) in [5.41, 5.74) is 0.690. The standard InChI is InChI=1S/C18H16O3/c19-10-5-11-21-18-15-8-3-1-6-13(15)17(12-20)14-7-2-4-9-16(14)18/h1-4,6-9,12,19H,5,10-11H2. The van der Waals surface area contributed by atoms with Gasteiger partial charge < -0.3 is 9.84 Å². The Bertz CT molecular complexity index is 736. The van der Waals surface area contributed by atoms with E-state index in [0.717, 1.165) is 33.6 Å². The molecule has 0 aromatic heterocycles. The Morgan fingerprint density at radius 2 is 1.43 bits per heavy atom. The second-order valence-electron chi connectivity index (χ2n) is 4.88. The van der Waals surface area contributed by atoms with Crippen LogP contribution < -0.4 is 4.74 Å². The Hall–Kier alpha value is -2.39. The maximum Gasteiger partial charge on any atom is 0.151 e. The fourth-order valence-electron chi connectivity index (χ4n) is 2.64. The first-order valence-corrected chi connectivity index (χ1v) is 6.99. The Morgan fingerprint density at radius 1 is 0.905 bits per heavy atom. The maximum atomic E-state index is 11.5. The number of fused-ring (bicyclic) bond motifs is 2. The molecule has 0 fully saturated rings. The predicted octanol–water partition coefficient (Wildman–Crippen LogP) is 3.57. The molecule has 0 amide bonds. The van der Waals surface area contributed by atoms with Gasteiger partial charge in [0.25, 0.3) is 0 Å². The van der Waals surface area contributed by atoms with Crippen LogP contribution in [0, 0.1) is 0 Å². The first-order valence-electron chi connectivity index (χ1n) is 6.99. The van der Waals surface area contributed by atoms with Gasteiger partial charge >= 0.3 is 0 Å². The molecule has 3 aromatic carbocycles. The normalized spacial score (nSPS) is 10.9. The molecule has 0 aliphatic rings. The van der Waals surface area contributed by atoms with E-state index in [9.17, 15) is 4.79 Å². The van der Waals surface area contributed by atoms with E-state index in [2.05, 4.69) is 0 Å². The second-order valence-corrected chi connectivity index (χ2v) is 4.88. The molecule has 0 radical (unpaired) electrons. The predicted molar refractivity (Wildman–Crippen MR) is 84.0 cm³/mol. The minimum absolute atomic E-state index is 0.0995. The summed E-state index contributed by atoms with van der Waals surface area (Å²) in [5, 5.41) is 12.6. The molecule has 106 valence electrons. The molecule has 0 saturated heterocycles. The van der Waals surface area contributed by atoms with Gasteiger partial charge in [-0.2, -0.15) is 0 Å². The Balaban J connectivity index is 2.33. The van der Waals surface area contributed by atoms with Crippen LogP contribution in [0.2, 0.25) is 0 Å². The molecule has 0 saturated carbocycles. The molecule has 0 aliphatic carbocycles. The quantitative estimate of drug-likeness (QED) is 0.441.